The molecule has 1 aliphatic rings. The van der Waals surface area contributed by atoms with Gasteiger partial charge in [0.15, 0.2) is 5.82 Å². The van der Waals surface area contributed by atoms with Crippen LogP contribution in [0.1, 0.15) is 42.4 Å². The second kappa shape index (κ2) is 12.2. The summed E-state index contributed by atoms with van der Waals surface area (Å²) in [6.45, 7) is -0.264. The molecule has 0 aliphatic heterocycles. The summed E-state index contributed by atoms with van der Waals surface area (Å²) >= 11 is 0. The Morgan fingerprint density at radius 3 is 2.15 bits per heavy atom. The first-order chi connectivity index (χ1) is 19.4. The van der Waals surface area contributed by atoms with Gasteiger partial charge >= 0.3 is 12.4 Å². The van der Waals surface area contributed by atoms with Gasteiger partial charge in [-0.1, -0.05) is 18.2 Å². The summed E-state index contributed by atoms with van der Waals surface area (Å²) in [5.74, 6) is 0.0212. The van der Waals surface area contributed by atoms with Crippen molar-refractivity contribution < 1.29 is 35.9 Å². The lowest BCUT2D eigenvalue weighted by Gasteiger charge is -2.28. The number of halogens is 6. The van der Waals surface area contributed by atoms with Gasteiger partial charge in [-0.05, 0) is 55.5 Å². The topological polar surface area (TPSA) is 101 Å². The molecule has 4 rings (SSSR count). The Kier molecular flexibility index (Phi) is 8.88. The predicted molar refractivity (Wildman–Crippen MR) is 139 cm³/mol. The highest BCUT2D eigenvalue weighted by Gasteiger charge is 2.34. The van der Waals surface area contributed by atoms with Crippen LogP contribution >= 0.6 is 0 Å². The third kappa shape index (κ3) is 7.55. The summed E-state index contributed by atoms with van der Waals surface area (Å²) in [7, 11) is 2.88. The molecule has 0 unspecified atom stereocenters. The number of nitrogens with zero attached hydrogens (tertiary/aromatic N) is 3. The summed E-state index contributed by atoms with van der Waals surface area (Å²) in [5, 5.41) is 8.64. The van der Waals surface area contributed by atoms with E-state index in [0.29, 0.717) is 31.2 Å². The molecule has 0 atom stereocenters. The van der Waals surface area contributed by atoms with E-state index >= 15 is 0 Å². The van der Waals surface area contributed by atoms with Crippen LogP contribution in [-0.2, 0) is 23.7 Å². The van der Waals surface area contributed by atoms with Crippen molar-refractivity contribution in [3.63, 3.8) is 0 Å². The van der Waals surface area contributed by atoms with Crippen molar-refractivity contribution in [2.45, 2.75) is 50.6 Å². The Morgan fingerprint density at radius 2 is 1.56 bits per heavy atom. The fourth-order valence-electron chi connectivity index (χ4n) is 4.60. The van der Waals surface area contributed by atoms with Crippen LogP contribution in [-0.4, -0.2) is 41.1 Å². The fraction of sp³-hybridized carbons (Fsp3) is 0.407. The van der Waals surface area contributed by atoms with Gasteiger partial charge in [-0.25, -0.2) is 0 Å². The molecular formula is C27H28F6N6O2. The number of aromatic nitrogens is 3. The van der Waals surface area contributed by atoms with Crippen LogP contribution in [0.15, 0.2) is 42.5 Å². The number of nitrogens with one attached hydrogen (secondary N) is 3. The Bertz CT molecular complexity index is 1360. The molecule has 220 valence electrons. The van der Waals surface area contributed by atoms with Gasteiger partial charge in [0.1, 0.15) is 5.75 Å². The van der Waals surface area contributed by atoms with E-state index in [-0.39, 0.29) is 53.4 Å². The number of hydrogen-bond acceptors (Lipinski definition) is 7. The van der Waals surface area contributed by atoms with Gasteiger partial charge in [-0.15, -0.1) is 0 Å². The number of alkyl halides is 6. The van der Waals surface area contributed by atoms with Gasteiger partial charge in [0, 0.05) is 31.1 Å². The lowest BCUT2D eigenvalue weighted by atomic mass is 9.85. The zero-order valence-electron chi connectivity index (χ0n) is 22.2. The van der Waals surface area contributed by atoms with Crippen LogP contribution in [0.4, 0.5) is 38.2 Å². The lowest BCUT2D eigenvalue weighted by molar-refractivity contribution is -0.139. The van der Waals surface area contributed by atoms with Crippen molar-refractivity contribution in [3.8, 4) is 17.1 Å². The number of carbonyl (C=O) groups excluding carboxylic acids is 1. The van der Waals surface area contributed by atoms with Crippen LogP contribution in [0.3, 0.4) is 0 Å². The van der Waals surface area contributed by atoms with E-state index in [0.717, 1.165) is 18.2 Å². The van der Waals surface area contributed by atoms with Crippen molar-refractivity contribution in [2.75, 3.05) is 24.8 Å². The standard InChI is InChI=1S/C27H28F6N6O2/c1-34-24-37-22(15-3-8-18(9-4-15)26(28,29)30)38-25(39-24)36-19-10-5-16(6-11-19)23(40)35-14-17-7-12-20(41-2)13-21(17)27(31,32)33/h3-4,7-9,12-13,16,19H,5-6,10-11,14H2,1-2H3,(H,35,40)(H2,34,36,37,38,39)/t16-,19+. The highest BCUT2D eigenvalue weighted by Crippen LogP contribution is 2.35. The highest BCUT2D eigenvalue weighted by molar-refractivity contribution is 5.78. The summed E-state index contributed by atoms with van der Waals surface area (Å²) < 4.78 is 84.0. The first-order valence-corrected chi connectivity index (χ1v) is 12.8. The van der Waals surface area contributed by atoms with Gasteiger partial charge in [0.25, 0.3) is 0 Å². The first-order valence-electron chi connectivity index (χ1n) is 12.8. The van der Waals surface area contributed by atoms with Crippen molar-refractivity contribution in [2.24, 2.45) is 5.92 Å². The largest absolute Gasteiger partial charge is 0.497 e. The normalized spacial score (nSPS) is 17.6. The number of carbonyl (C=O) groups is 1. The molecule has 1 heterocycles. The summed E-state index contributed by atoms with van der Waals surface area (Å²) in [6.07, 6.45) is -6.91. The molecule has 14 heteroatoms. The molecule has 0 bridgehead atoms. The average Bonchev–Trinajstić information content (AvgIpc) is 2.95. The van der Waals surface area contributed by atoms with E-state index in [1.165, 1.54) is 31.4 Å². The number of anilines is 2. The maximum atomic E-state index is 13.5. The first kappa shape index (κ1) is 29.9. The third-order valence-electron chi connectivity index (χ3n) is 6.84. The van der Waals surface area contributed by atoms with Crippen LogP contribution in [0.5, 0.6) is 5.75 Å². The number of methoxy groups -OCH3 is 1. The number of amides is 1. The Hall–Kier alpha value is -4.10. The molecule has 1 aliphatic carbocycles. The second-order valence-corrected chi connectivity index (χ2v) is 9.56. The summed E-state index contributed by atoms with van der Waals surface area (Å²) in [4.78, 5) is 25.6. The molecule has 1 aromatic heterocycles. The molecule has 0 saturated heterocycles. The Morgan fingerprint density at radius 1 is 0.902 bits per heavy atom. The minimum absolute atomic E-state index is 0.0546. The molecule has 0 spiro atoms. The molecule has 41 heavy (non-hydrogen) atoms. The second-order valence-electron chi connectivity index (χ2n) is 9.56. The van der Waals surface area contributed by atoms with Gasteiger partial charge in [0.2, 0.25) is 17.8 Å². The van der Waals surface area contributed by atoms with E-state index < -0.39 is 23.5 Å². The zero-order chi connectivity index (χ0) is 29.8. The zero-order valence-corrected chi connectivity index (χ0v) is 22.2. The van der Waals surface area contributed by atoms with Gasteiger partial charge in [-0.3, -0.25) is 4.79 Å². The van der Waals surface area contributed by atoms with Gasteiger partial charge < -0.3 is 20.7 Å². The SMILES string of the molecule is CNc1nc(N[C@H]2CC[C@@H](C(=O)NCc3ccc(OC)cc3C(F)(F)F)CC2)nc(-c2ccc(C(F)(F)F)cc2)n1. The number of hydrogen-bond donors (Lipinski definition) is 3. The lowest BCUT2D eigenvalue weighted by Crippen LogP contribution is -2.36. The molecule has 1 fully saturated rings. The van der Waals surface area contributed by atoms with Crippen LogP contribution in [0, 0.1) is 5.92 Å². The van der Waals surface area contributed by atoms with Gasteiger partial charge in [0.05, 0.1) is 18.2 Å². The molecule has 0 radical (unpaired) electrons. The van der Waals surface area contributed by atoms with E-state index in [4.69, 9.17) is 4.74 Å². The predicted octanol–water partition coefficient (Wildman–Crippen LogP) is 5.91. The minimum atomic E-state index is -4.59. The van der Waals surface area contributed by atoms with Crippen molar-refractivity contribution in [1.29, 1.82) is 0 Å². The number of ether oxygens (including phenoxy) is 1. The smallest absolute Gasteiger partial charge is 0.416 e. The Balaban J connectivity index is 1.36. The number of rotatable bonds is 8. The Labute approximate surface area is 231 Å². The summed E-state index contributed by atoms with van der Waals surface area (Å²) in [6, 6.07) is 8.00. The maximum absolute atomic E-state index is 13.5. The van der Waals surface area contributed by atoms with Crippen LogP contribution in [0.2, 0.25) is 0 Å². The molecular weight excluding hydrogens is 554 g/mol. The molecule has 3 N–H and O–H groups in total. The van der Waals surface area contributed by atoms with Crippen molar-refractivity contribution >= 4 is 17.8 Å². The quantitative estimate of drug-likeness (QED) is 0.284. The third-order valence-corrected chi connectivity index (χ3v) is 6.84. The van der Waals surface area contributed by atoms with E-state index in [1.54, 1.807) is 7.05 Å². The van der Waals surface area contributed by atoms with Crippen molar-refractivity contribution in [3.05, 3.63) is 59.2 Å². The molecule has 1 amide bonds. The molecule has 3 aromatic rings. The fourth-order valence-corrected chi connectivity index (χ4v) is 4.60. The van der Waals surface area contributed by atoms with E-state index in [2.05, 4.69) is 30.9 Å². The number of benzene rings is 2. The van der Waals surface area contributed by atoms with Crippen LogP contribution in [0.25, 0.3) is 11.4 Å². The monoisotopic (exact) mass is 582 g/mol. The van der Waals surface area contributed by atoms with Gasteiger partial charge in [-0.2, -0.15) is 41.3 Å². The van der Waals surface area contributed by atoms with E-state index in [9.17, 15) is 31.1 Å². The van der Waals surface area contributed by atoms with Crippen molar-refractivity contribution in [1.82, 2.24) is 20.3 Å². The highest BCUT2D eigenvalue weighted by atomic mass is 19.4. The minimum Gasteiger partial charge on any atom is -0.497 e. The summed E-state index contributed by atoms with van der Waals surface area (Å²) in [5.41, 5.74) is -1.32. The maximum Gasteiger partial charge on any atom is 0.416 e. The molecule has 2 aromatic carbocycles. The molecule has 1 saturated carbocycles. The van der Waals surface area contributed by atoms with Crippen LogP contribution < -0.4 is 20.7 Å². The van der Waals surface area contributed by atoms with E-state index in [1.807, 2.05) is 0 Å². The molecule has 8 nitrogen and oxygen atoms in total. The average molecular weight is 583 g/mol.